The van der Waals surface area contributed by atoms with E-state index in [1.807, 2.05) is 18.2 Å². The average molecular weight is 268 g/mol. The van der Waals surface area contributed by atoms with Crippen LogP contribution in [-0.2, 0) is 12.8 Å². The Labute approximate surface area is 119 Å². The normalized spacial score (nSPS) is 10.3. The number of carbonyl (C=O) groups is 1. The highest BCUT2D eigenvalue weighted by atomic mass is 16.1. The van der Waals surface area contributed by atoms with E-state index in [4.69, 9.17) is 5.73 Å². The van der Waals surface area contributed by atoms with Gasteiger partial charge in [0.25, 0.3) is 5.91 Å². The van der Waals surface area contributed by atoms with Crippen LogP contribution < -0.4 is 11.1 Å². The fourth-order valence-electron chi connectivity index (χ4n) is 2.27. The minimum absolute atomic E-state index is 0.118. The quantitative estimate of drug-likeness (QED) is 0.832. The lowest BCUT2D eigenvalue weighted by Crippen LogP contribution is -2.15. The molecule has 0 aromatic heterocycles. The van der Waals surface area contributed by atoms with Gasteiger partial charge in [0.1, 0.15) is 0 Å². The lowest BCUT2D eigenvalue weighted by atomic mass is 10.0. The Morgan fingerprint density at radius 3 is 2.20 bits per heavy atom. The van der Waals surface area contributed by atoms with Gasteiger partial charge in [-0.3, -0.25) is 4.79 Å². The topological polar surface area (TPSA) is 55.1 Å². The van der Waals surface area contributed by atoms with Gasteiger partial charge in [-0.2, -0.15) is 0 Å². The third-order valence-corrected chi connectivity index (χ3v) is 3.39. The zero-order valence-corrected chi connectivity index (χ0v) is 11.9. The summed E-state index contributed by atoms with van der Waals surface area (Å²) in [5, 5.41) is 3.03. The Morgan fingerprint density at radius 2 is 1.65 bits per heavy atom. The Balaban J connectivity index is 2.32. The minimum Gasteiger partial charge on any atom is -0.399 e. The molecule has 0 aliphatic rings. The van der Waals surface area contributed by atoms with Crippen molar-refractivity contribution < 1.29 is 4.79 Å². The highest BCUT2D eigenvalue weighted by Gasteiger charge is 2.11. The van der Waals surface area contributed by atoms with Crippen LogP contribution in [0.4, 0.5) is 11.4 Å². The lowest BCUT2D eigenvalue weighted by molar-refractivity contribution is 0.102. The van der Waals surface area contributed by atoms with E-state index >= 15 is 0 Å². The summed E-state index contributed by atoms with van der Waals surface area (Å²) in [4.78, 5) is 12.3. The molecule has 0 bridgehead atoms. The number of carbonyl (C=O) groups excluding carboxylic acids is 1. The van der Waals surface area contributed by atoms with Crippen LogP contribution in [0.2, 0.25) is 0 Å². The molecule has 0 saturated heterocycles. The fraction of sp³-hybridized carbons (Fsp3) is 0.235. The molecule has 3 heteroatoms. The van der Waals surface area contributed by atoms with Gasteiger partial charge in [0, 0.05) is 16.9 Å². The third kappa shape index (κ3) is 2.99. The average Bonchev–Trinajstić information content (AvgIpc) is 2.47. The number of aryl methyl sites for hydroxylation is 2. The smallest absolute Gasteiger partial charge is 0.255 e. The number of rotatable bonds is 4. The van der Waals surface area contributed by atoms with E-state index < -0.39 is 0 Å². The minimum atomic E-state index is -0.118. The van der Waals surface area contributed by atoms with E-state index in [0.717, 1.165) is 29.7 Å². The second kappa shape index (κ2) is 6.24. The zero-order valence-electron chi connectivity index (χ0n) is 11.9. The molecular weight excluding hydrogens is 248 g/mol. The monoisotopic (exact) mass is 268 g/mol. The molecule has 20 heavy (non-hydrogen) atoms. The Bertz CT molecular complexity index is 598. The van der Waals surface area contributed by atoms with E-state index in [9.17, 15) is 4.79 Å². The van der Waals surface area contributed by atoms with Gasteiger partial charge in [0.15, 0.2) is 0 Å². The number of anilines is 2. The molecule has 104 valence electrons. The lowest BCUT2D eigenvalue weighted by Gasteiger charge is -2.14. The van der Waals surface area contributed by atoms with Gasteiger partial charge in [-0.1, -0.05) is 38.1 Å². The maximum absolute atomic E-state index is 12.3. The molecule has 0 aliphatic heterocycles. The molecule has 3 N–H and O–H groups in total. The van der Waals surface area contributed by atoms with Gasteiger partial charge in [-0.15, -0.1) is 0 Å². The largest absolute Gasteiger partial charge is 0.399 e. The maximum atomic E-state index is 12.3. The number of para-hydroxylation sites is 1. The van der Waals surface area contributed by atoms with Crippen LogP contribution in [0.3, 0.4) is 0 Å². The van der Waals surface area contributed by atoms with Gasteiger partial charge in [0.05, 0.1) is 0 Å². The van der Waals surface area contributed by atoms with Crippen molar-refractivity contribution in [1.82, 2.24) is 0 Å². The predicted molar refractivity (Wildman–Crippen MR) is 84.0 cm³/mol. The van der Waals surface area contributed by atoms with Crippen molar-refractivity contribution in [3.8, 4) is 0 Å². The number of nitrogens with two attached hydrogens (primary N) is 1. The van der Waals surface area contributed by atoms with Gasteiger partial charge in [0.2, 0.25) is 0 Å². The first kappa shape index (κ1) is 14.1. The van der Waals surface area contributed by atoms with E-state index in [-0.39, 0.29) is 5.91 Å². The van der Waals surface area contributed by atoms with Gasteiger partial charge in [-0.05, 0) is 42.2 Å². The molecule has 0 spiro atoms. The molecule has 2 rings (SSSR count). The fourth-order valence-corrected chi connectivity index (χ4v) is 2.27. The number of nitrogens with one attached hydrogen (secondary N) is 1. The van der Waals surface area contributed by atoms with Crippen molar-refractivity contribution in [3.05, 3.63) is 59.2 Å². The Morgan fingerprint density at radius 1 is 1.05 bits per heavy atom. The highest BCUT2D eigenvalue weighted by Crippen LogP contribution is 2.23. The van der Waals surface area contributed by atoms with Crippen LogP contribution in [0.5, 0.6) is 0 Å². The van der Waals surface area contributed by atoms with Crippen molar-refractivity contribution in [3.63, 3.8) is 0 Å². The van der Waals surface area contributed by atoms with Crippen LogP contribution >= 0.6 is 0 Å². The first-order valence-electron chi connectivity index (χ1n) is 6.93. The molecule has 2 aromatic rings. The van der Waals surface area contributed by atoms with Crippen molar-refractivity contribution in [2.24, 2.45) is 0 Å². The van der Waals surface area contributed by atoms with E-state index in [1.54, 1.807) is 24.3 Å². The third-order valence-electron chi connectivity index (χ3n) is 3.39. The molecule has 0 atom stereocenters. The summed E-state index contributed by atoms with van der Waals surface area (Å²) in [5.74, 6) is -0.118. The van der Waals surface area contributed by atoms with Gasteiger partial charge >= 0.3 is 0 Å². The molecule has 0 aliphatic carbocycles. The summed E-state index contributed by atoms with van der Waals surface area (Å²) in [6.07, 6.45) is 1.78. The molecule has 0 heterocycles. The van der Waals surface area contributed by atoms with Crippen molar-refractivity contribution in [2.45, 2.75) is 26.7 Å². The van der Waals surface area contributed by atoms with Crippen LogP contribution in [0, 0.1) is 0 Å². The molecular formula is C17H20N2O. The standard InChI is InChI=1S/C17H20N2O/c1-3-12-7-5-8-13(4-2)16(12)19-17(20)14-9-6-10-15(18)11-14/h5-11H,3-4,18H2,1-2H3,(H,19,20). The molecule has 0 saturated carbocycles. The first-order valence-corrected chi connectivity index (χ1v) is 6.93. The zero-order chi connectivity index (χ0) is 14.5. The number of nitrogen functional groups attached to an aromatic ring is 1. The van der Waals surface area contributed by atoms with Crippen LogP contribution in [0.25, 0.3) is 0 Å². The van der Waals surface area contributed by atoms with E-state index in [2.05, 4.69) is 19.2 Å². The molecule has 1 amide bonds. The summed E-state index contributed by atoms with van der Waals surface area (Å²) in [5.41, 5.74) is 10.1. The SMILES string of the molecule is CCc1cccc(CC)c1NC(=O)c1cccc(N)c1. The van der Waals surface area contributed by atoms with E-state index in [0.29, 0.717) is 11.3 Å². The van der Waals surface area contributed by atoms with Crippen molar-refractivity contribution in [1.29, 1.82) is 0 Å². The predicted octanol–water partition coefficient (Wildman–Crippen LogP) is 3.65. The van der Waals surface area contributed by atoms with E-state index in [1.165, 1.54) is 0 Å². The number of benzene rings is 2. The molecule has 0 radical (unpaired) electrons. The number of hydrogen-bond acceptors (Lipinski definition) is 2. The Hall–Kier alpha value is -2.29. The maximum Gasteiger partial charge on any atom is 0.255 e. The summed E-state index contributed by atoms with van der Waals surface area (Å²) >= 11 is 0. The molecule has 0 fully saturated rings. The van der Waals surface area contributed by atoms with Crippen molar-refractivity contribution in [2.75, 3.05) is 11.1 Å². The van der Waals surface area contributed by atoms with Crippen LogP contribution in [0.15, 0.2) is 42.5 Å². The van der Waals surface area contributed by atoms with Gasteiger partial charge in [-0.25, -0.2) is 0 Å². The summed E-state index contributed by atoms with van der Waals surface area (Å²) in [6.45, 7) is 4.18. The highest BCUT2D eigenvalue weighted by molar-refractivity contribution is 6.05. The van der Waals surface area contributed by atoms with Crippen molar-refractivity contribution >= 4 is 17.3 Å². The van der Waals surface area contributed by atoms with Crippen LogP contribution in [-0.4, -0.2) is 5.91 Å². The number of hydrogen-bond donors (Lipinski definition) is 2. The summed E-state index contributed by atoms with van der Waals surface area (Å²) in [6, 6.07) is 13.2. The summed E-state index contributed by atoms with van der Waals surface area (Å²) < 4.78 is 0. The van der Waals surface area contributed by atoms with Gasteiger partial charge < -0.3 is 11.1 Å². The first-order chi connectivity index (χ1) is 9.65. The molecule has 2 aromatic carbocycles. The Kier molecular flexibility index (Phi) is 4.41. The molecule has 3 nitrogen and oxygen atoms in total. The second-order valence-corrected chi connectivity index (χ2v) is 4.74. The van der Waals surface area contributed by atoms with Crippen LogP contribution in [0.1, 0.15) is 35.3 Å². The molecule has 0 unspecified atom stereocenters. The number of amides is 1. The second-order valence-electron chi connectivity index (χ2n) is 4.74. The summed E-state index contributed by atoms with van der Waals surface area (Å²) in [7, 11) is 0.